The largest absolute Gasteiger partial charge is 0.207 e. The van der Waals surface area contributed by atoms with Crippen LogP contribution in [-0.4, -0.2) is 0 Å². The molecule has 0 heterocycles. The van der Waals surface area contributed by atoms with Gasteiger partial charge in [-0.25, -0.2) is 4.39 Å². The third kappa shape index (κ3) is 5.30. The van der Waals surface area contributed by atoms with Crippen molar-refractivity contribution in [2.45, 2.75) is 57.3 Å². The topological polar surface area (TPSA) is 23.8 Å². The second-order valence-electron chi connectivity index (χ2n) is 7.71. The number of nitrogens with zero attached hydrogens (tertiary/aromatic N) is 1. The highest BCUT2D eigenvalue weighted by molar-refractivity contribution is 5.21. The minimum atomic E-state index is -0.141. The zero-order valence-corrected chi connectivity index (χ0v) is 14.9. The van der Waals surface area contributed by atoms with Gasteiger partial charge in [-0.05, 0) is 92.7 Å². The van der Waals surface area contributed by atoms with E-state index in [4.69, 9.17) is 5.26 Å². The molecule has 2 saturated carbocycles. The summed E-state index contributed by atoms with van der Waals surface area (Å²) >= 11 is 0. The summed E-state index contributed by atoms with van der Waals surface area (Å²) < 4.78 is 13.1. The quantitative estimate of drug-likeness (QED) is 0.452. The van der Waals surface area contributed by atoms with Crippen molar-refractivity contribution in [3.63, 3.8) is 0 Å². The van der Waals surface area contributed by atoms with Gasteiger partial charge in [0.2, 0.25) is 0 Å². The average Bonchev–Trinajstić information content (AvgIpc) is 2.67. The Balaban J connectivity index is 1.42. The van der Waals surface area contributed by atoms with Gasteiger partial charge in [0.25, 0.3) is 0 Å². The number of nitriles is 1. The Morgan fingerprint density at radius 2 is 1.24 bits per heavy atom. The predicted molar refractivity (Wildman–Crippen MR) is 100 cm³/mol. The van der Waals surface area contributed by atoms with Gasteiger partial charge in [-0.3, -0.25) is 0 Å². The molecule has 2 aliphatic rings. The van der Waals surface area contributed by atoms with Gasteiger partial charge >= 0.3 is 0 Å². The summed E-state index contributed by atoms with van der Waals surface area (Å²) in [5.41, 5.74) is 1.30. The Kier molecular flexibility index (Phi) is 6.45. The summed E-state index contributed by atoms with van der Waals surface area (Å²) in [6.07, 6.45) is 18.5. The summed E-state index contributed by atoms with van der Waals surface area (Å²) in [6, 6.07) is 9.18. The smallest absolute Gasteiger partial charge is 0.123 e. The van der Waals surface area contributed by atoms with Crippen molar-refractivity contribution in [2.24, 2.45) is 17.8 Å². The fourth-order valence-electron chi connectivity index (χ4n) is 4.40. The fourth-order valence-corrected chi connectivity index (χ4v) is 4.40. The molecule has 0 N–H and O–H groups in total. The lowest BCUT2D eigenvalue weighted by atomic mass is 9.77. The Labute approximate surface area is 151 Å². The Hall–Kier alpha value is -1.88. The summed E-state index contributed by atoms with van der Waals surface area (Å²) in [7, 11) is 0. The van der Waals surface area contributed by atoms with Crippen molar-refractivity contribution in [3.8, 4) is 6.07 Å². The van der Waals surface area contributed by atoms with E-state index in [0.717, 1.165) is 5.92 Å². The van der Waals surface area contributed by atoms with Crippen molar-refractivity contribution < 1.29 is 4.39 Å². The van der Waals surface area contributed by atoms with E-state index in [-0.39, 0.29) is 5.82 Å². The summed E-state index contributed by atoms with van der Waals surface area (Å²) in [4.78, 5) is 0. The second kappa shape index (κ2) is 8.99. The Bertz CT molecular complexity index is 621. The molecule has 1 nitrogen and oxygen atoms in total. The van der Waals surface area contributed by atoms with E-state index in [2.05, 4.69) is 24.3 Å². The van der Waals surface area contributed by atoms with Crippen LogP contribution in [0.2, 0.25) is 0 Å². The van der Waals surface area contributed by atoms with Crippen LogP contribution in [0.15, 0.2) is 48.6 Å². The molecule has 3 rings (SSSR count). The number of allylic oxidation sites excluding steroid dienone is 4. The molecule has 0 spiro atoms. The highest BCUT2D eigenvalue weighted by Crippen LogP contribution is 2.37. The van der Waals surface area contributed by atoms with Gasteiger partial charge in [0.05, 0.1) is 6.07 Å². The molecule has 2 fully saturated rings. The van der Waals surface area contributed by atoms with E-state index in [9.17, 15) is 4.39 Å². The van der Waals surface area contributed by atoms with Crippen LogP contribution in [0, 0.1) is 34.9 Å². The Morgan fingerprint density at radius 3 is 1.76 bits per heavy atom. The number of halogens is 1. The molecule has 2 heteroatoms. The van der Waals surface area contributed by atoms with Crippen LogP contribution < -0.4 is 0 Å². The first-order valence-corrected chi connectivity index (χ1v) is 9.74. The lowest BCUT2D eigenvalue weighted by Gasteiger charge is -2.28. The molecular formula is C23H28FN. The zero-order chi connectivity index (χ0) is 17.5. The van der Waals surface area contributed by atoms with E-state index in [1.807, 2.05) is 12.1 Å². The molecule has 0 saturated heterocycles. The van der Waals surface area contributed by atoms with Crippen molar-refractivity contribution in [1.29, 1.82) is 5.26 Å². The van der Waals surface area contributed by atoms with Crippen LogP contribution in [0.4, 0.5) is 4.39 Å². The van der Waals surface area contributed by atoms with Gasteiger partial charge in [0, 0.05) is 6.08 Å². The van der Waals surface area contributed by atoms with Crippen molar-refractivity contribution in [2.75, 3.05) is 0 Å². The van der Waals surface area contributed by atoms with Gasteiger partial charge in [-0.2, -0.15) is 5.26 Å². The summed E-state index contributed by atoms with van der Waals surface area (Å²) in [5, 5.41) is 8.62. The maximum atomic E-state index is 13.1. The number of hydrogen-bond donors (Lipinski definition) is 0. The maximum Gasteiger partial charge on any atom is 0.123 e. The van der Waals surface area contributed by atoms with E-state index < -0.39 is 0 Å². The van der Waals surface area contributed by atoms with Gasteiger partial charge in [0.1, 0.15) is 5.82 Å². The first kappa shape index (κ1) is 17.9. The first-order valence-electron chi connectivity index (χ1n) is 9.74. The molecule has 0 atom stereocenters. The van der Waals surface area contributed by atoms with Crippen LogP contribution >= 0.6 is 0 Å². The second-order valence-corrected chi connectivity index (χ2v) is 7.71. The molecule has 0 radical (unpaired) electrons. The molecule has 0 unspecified atom stereocenters. The van der Waals surface area contributed by atoms with Crippen molar-refractivity contribution in [1.82, 2.24) is 0 Å². The van der Waals surface area contributed by atoms with Crippen LogP contribution in [0.5, 0.6) is 0 Å². The van der Waals surface area contributed by atoms with Gasteiger partial charge in [-0.15, -0.1) is 0 Å². The third-order valence-corrected chi connectivity index (χ3v) is 6.03. The van der Waals surface area contributed by atoms with Gasteiger partial charge in [0.15, 0.2) is 0 Å². The number of hydrogen-bond acceptors (Lipinski definition) is 1. The molecule has 2 aliphatic carbocycles. The SMILES string of the molecule is N#CC=CC1CCC(/C=C/C2CCC(c3ccc(F)cc3)CC2)CC1. The van der Waals surface area contributed by atoms with Crippen LogP contribution in [-0.2, 0) is 0 Å². The predicted octanol–water partition coefficient (Wildman–Crippen LogP) is 6.54. The summed E-state index contributed by atoms with van der Waals surface area (Å²) in [6.45, 7) is 0. The van der Waals surface area contributed by atoms with Gasteiger partial charge < -0.3 is 0 Å². The first-order chi connectivity index (χ1) is 12.2. The van der Waals surface area contributed by atoms with E-state index in [1.165, 1.54) is 56.9 Å². The molecule has 0 aromatic heterocycles. The molecule has 0 aliphatic heterocycles. The normalized spacial score (nSPS) is 30.6. The average molecular weight is 337 g/mol. The Morgan fingerprint density at radius 1 is 0.760 bits per heavy atom. The van der Waals surface area contributed by atoms with E-state index >= 15 is 0 Å². The van der Waals surface area contributed by atoms with Crippen molar-refractivity contribution in [3.05, 3.63) is 60.0 Å². The summed E-state index contributed by atoms with van der Waals surface area (Å²) in [5.74, 6) is 2.51. The highest BCUT2D eigenvalue weighted by Gasteiger charge is 2.22. The lowest BCUT2D eigenvalue weighted by molar-refractivity contribution is 0.348. The fraction of sp³-hybridized carbons (Fsp3) is 0.522. The van der Waals surface area contributed by atoms with E-state index in [0.29, 0.717) is 17.8 Å². The molecule has 132 valence electrons. The standard InChI is InChI=1S/C23H28FN/c24-23-15-13-22(14-16-23)21-11-9-20(10-12-21)8-7-19-5-3-18(4-6-19)2-1-17-25/h1-2,7-8,13-16,18-21H,3-6,9-12H2/b2-1?,8-7+. The zero-order valence-electron chi connectivity index (χ0n) is 14.9. The highest BCUT2D eigenvalue weighted by atomic mass is 19.1. The molecular weight excluding hydrogens is 309 g/mol. The van der Waals surface area contributed by atoms with Crippen LogP contribution in [0.1, 0.15) is 62.8 Å². The molecule has 0 amide bonds. The lowest BCUT2D eigenvalue weighted by Crippen LogP contribution is -2.14. The minimum Gasteiger partial charge on any atom is -0.207 e. The van der Waals surface area contributed by atoms with Crippen molar-refractivity contribution >= 4 is 0 Å². The van der Waals surface area contributed by atoms with Crippen LogP contribution in [0.25, 0.3) is 0 Å². The number of benzene rings is 1. The molecule has 0 bridgehead atoms. The number of rotatable bonds is 4. The molecule has 1 aromatic carbocycles. The van der Waals surface area contributed by atoms with Gasteiger partial charge in [-0.1, -0.05) is 30.4 Å². The minimum absolute atomic E-state index is 0.141. The molecule has 25 heavy (non-hydrogen) atoms. The van der Waals surface area contributed by atoms with E-state index in [1.54, 1.807) is 18.2 Å². The maximum absolute atomic E-state index is 13.1. The third-order valence-electron chi connectivity index (χ3n) is 6.03. The molecule has 1 aromatic rings. The monoisotopic (exact) mass is 337 g/mol. The van der Waals surface area contributed by atoms with Crippen LogP contribution in [0.3, 0.4) is 0 Å².